The van der Waals surface area contributed by atoms with Gasteiger partial charge in [-0.2, -0.15) is 0 Å². The zero-order chi connectivity index (χ0) is 14.8. The van der Waals surface area contributed by atoms with Crippen molar-refractivity contribution < 1.29 is 4.79 Å². The molecule has 2 aromatic rings. The van der Waals surface area contributed by atoms with Gasteiger partial charge in [0.2, 0.25) is 0 Å². The fourth-order valence-electron chi connectivity index (χ4n) is 2.55. The molecule has 0 bridgehead atoms. The second-order valence-electron chi connectivity index (χ2n) is 5.29. The Morgan fingerprint density at radius 3 is 3.00 bits per heavy atom. The van der Waals surface area contributed by atoms with Crippen LogP contribution in [-0.2, 0) is 6.42 Å². The second-order valence-corrected chi connectivity index (χ2v) is 6.09. The Bertz CT molecular complexity index is 697. The number of halogens is 1. The van der Waals surface area contributed by atoms with Gasteiger partial charge in [-0.1, -0.05) is 12.1 Å². The van der Waals surface area contributed by atoms with Crippen molar-refractivity contribution in [3.05, 3.63) is 57.6 Å². The molecule has 0 saturated heterocycles. The molecule has 0 unspecified atom stereocenters. The van der Waals surface area contributed by atoms with Gasteiger partial charge in [-0.15, -0.1) is 0 Å². The van der Waals surface area contributed by atoms with Gasteiger partial charge in [0, 0.05) is 22.3 Å². The highest BCUT2D eigenvalue weighted by Gasteiger charge is 2.13. The number of anilines is 2. The maximum absolute atomic E-state index is 12.4. The summed E-state index contributed by atoms with van der Waals surface area (Å²) >= 11 is 3.52. The van der Waals surface area contributed by atoms with Crippen molar-refractivity contribution in [2.24, 2.45) is 0 Å². The lowest BCUT2D eigenvalue weighted by Gasteiger charge is -2.18. The van der Waals surface area contributed by atoms with Crippen molar-refractivity contribution in [2.45, 2.75) is 19.8 Å². The Morgan fingerprint density at radius 1 is 1.29 bits per heavy atom. The van der Waals surface area contributed by atoms with Gasteiger partial charge in [0.25, 0.3) is 5.91 Å². The van der Waals surface area contributed by atoms with Crippen molar-refractivity contribution in [1.82, 2.24) is 0 Å². The third kappa shape index (κ3) is 2.95. The first-order valence-corrected chi connectivity index (χ1v) is 7.88. The maximum Gasteiger partial charge on any atom is 0.255 e. The highest BCUT2D eigenvalue weighted by Crippen LogP contribution is 2.27. The first-order chi connectivity index (χ1) is 10.1. The molecule has 1 aliphatic rings. The van der Waals surface area contributed by atoms with Gasteiger partial charge in [0.05, 0.1) is 5.69 Å². The minimum absolute atomic E-state index is 0.0744. The number of aryl methyl sites for hydroxylation is 2. The molecule has 0 aromatic heterocycles. The SMILES string of the molecule is Cc1cccc(NC(=O)c2ccc3c(c2)CCCN3)c1Br. The average molecular weight is 345 g/mol. The number of fused-ring (bicyclic) bond motifs is 1. The van der Waals surface area contributed by atoms with Crippen molar-refractivity contribution in [1.29, 1.82) is 0 Å². The zero-order valence-corrected chi connectivity index (χ0v) is 13.5. The highest BCUT2D eigenvalue weighted by molar-refractivity contribution is 9.10. The van der Waals surface area contributed by atoms with Crippen LogP contribution in [0.4, 0.5) is 11.4 Å². The number of nitrogens with one attached hydrogen (secondary N) is 2. The molecular formula is C17H17BrN2O. The largest absolute Gasteiger partial charge is 0.385 e. The molecule has 0 fully saturated rings. The number of carbonyl (C=O) groups excluding carboxylic acids is 1. The molecule has 4 heteroatoms. The summed E-state index contributed by atoms with van der Waals surface area (Å²) in [7, 11) is 0. The normalized spacial score (nSPS) is 13.2. The van der Waals surface area contributed by atoms with Gasteiger partial charge in [-0.3, -0.25) is 4.79 Å². The van der Waals surface area contributed by atoms with Crippen LogP contribution in [0.25, 0.3) is 0 Å². The monoisotopic (exact) mass is 344 g/mol. The Morgan fingerprint density at radius 2 is 2.14 bits per heavy atom. The Balaban J connectivity index is 1.84. The minimum Gasteiger partial charge on any atom is -0.385 e. The molecule has 1 heterocycles. The highest BCUT2D eigenvalue weighted by atomic mass is 79.9. The predicted octanol–water partition coefficient (Wildman–Crippen LogP) is 4.37. The van der Waals surface area contributed by atoms with E-state index in [-0.39, 0.29) is 5.91 Å². The van der Waals surface area contributed by atoms with E-state index in [1.807, 2.05) is 43.3 Å². The molecule has 0 radical (unpaired) electrons. The van der Waals surface area contributed by atoms with Crippen molar-refractivity contribution in [3.63, 3.8) is 0 Å². The third-order valence-electron chi connectivity index (χ3n) is 3.75. The fourth-order valence-corrected chi connectivity index (χ4v) is 2.92. The third-order valence-corrected chi connectivity index (χ3v) is 4.80. The number of hydrogen-bond donors (Lipinski definition) is 2. The van der Waals surface area contributed by atoms with Crippen molar-refractivity contribution in [2.75, 3.05) is 17.2 Å². The molecule has 0 saturated carbocycles. The van der Waals surface area contributed by atoms with Crippen LogP contribution in [0.5, 0.6) is 0 Å². The molecule has 0 atom stereocenters. The van der Waals surface area contributed by atoms with Gasteiger partial charge in [0.1, 0.15) is 0 Å². The van der Waals surface area contributed by atoms with Crippen LogP contribution in [0, 0.1) is 6.92 Å². The van der Waals surface area contributed by atoms with Gasteiger partial charge in [-0.25, -0.2) is 0 Å². The van der Waals surface area contributed by atoms with E-state index in [4.69, 9.17) is 0 Å². The number of benzene rings is 2. The molecule has 108 valence electrons. The topological polar surface area (TPSA) is 41.1 Å². The molecule has 1 amide bonds. The van der Waals surface area contributed by atoms with E-state index in [1.54, 1.807) is 0 Å². The summed E-state index contributed by atoms with van der Waals surface area (Å²) in [5.74, 6) is -0.0744. The number of rotatable bonds is 2. The number of carbonyl (C=O) groups is 1. The number of hydrogen-bond acceptors (Lipinski definition) is 2. The number of amides is 1. The summed E-state index contributed by atoms with van der Waals surface area (Å²) in [5, 5.41) is 6.32. The molecule has 2 aromatic carbocycles. The van der Waals surface area contributed by atoms with Gasteiger partial charge in [-0.05, 0) is 71.1 Å². The van der Waals surface area contributed by atoms with Gasteiger partial charge in [0.15, 0.2) is 0 Å². The summed E-state index contributed by atoms with van der Waals surface area (Å²) in [5.41, 5.74) is 4.97. The lowest BCUT2D eigenvalue weighted by molar-refractivity contribution is 0.102. The second kappa shape index (κ2) is 5.90. The van der Waals surface area contributed by atoms with E-state index in [1.165, 1.54) is 5.56 Å². The lowest BCUT2D eigenvalue weighted by atomic mass is 10.0. The summed E-state index contributed by atoms with van der Waals surface area (Å²) in [6.07, 6.45) is 2.14. The summed E-state index contributed by atoms with van der Waals surface area (Å²) in [6.45, 7) is 3.01. The molecule has 2 N–H and O–H groups in total. The zero-order valence-electron chi connectivity index (χ0n) is 11.9. The van der Waals surface area contributed by atoms with E-state index in [9.17, 15) is 4.79 Å². The summed E-state index contributed by atoms with van der Waals surface area (Å²) < 4.78 is 0.929. The summed E-state index contributed by atoms with van der Waals surface area (Å²) in [4.78, 5) is 12.4. The lowest BCUT2D eigenvalue weighted by Crippen LogP contribution is -2.16. The first kappa shape index (κ1) is 14.1. The van der Waals surface area contributed by atoms with Crippen molar-refractivity contribution in [3.8, 4) is 0 Å². The van der Waals surface area contributed by atoms with Crippen LogP contribution >= 0.6 is 15.9 Å². The van der Waals surface area contributed by atoms with Crippen LogP contribution in [0.1, 0.15) is 27.9 Å². The van der Waals surface area contributed by atoms with E-state index >= 15 is 0 Å². The average Bonchev–Trinajstić information content (AvgIpc) is 2.51. The minimum atomic E-state index is -0.0744. The molecular weight excluding hydrogens is 328 g/mol. The molecule has 21 heavy (non-hydrogen) atoms. The van der Waals surface area contributed by atoms with E-state index in [2.05, 4.69) is 26.6 Å². The smallest absolute Gasteiger partial charge is 0.255 e. The van der Waals surface area contributed by atoms with Crippen LogP contribution in [0.15, 0.2) is 40.9 Å². The van der Waals surface area contributed by atoms with Crippen LogP contribution in [0.3, 0.4) is 0 Å². The van der Waals surface area contributed by atoms with Crippen molar-refractivity contribution >= 4 is 33.2 Å². The van der Waals surface area contributed by atoms with E-state index in [0.29, 0.717) is 5.56 Å². The van der Waals surface area contributed by atoms with Crippen LogP contribution < -0.4 is 10.6 Å². The predicted molar refractivity (Wildman–Crippen MR) is 90.1 cm³/mol. The van der Waals surface area contributed by atoms with Gasteiger partial charge >= 0.3 is 0 Å². The maximum atomic E-state index is 12.4. The van der Waals surface area contributed by atoms with Gasteiger partial charge < -0.3 is 10.6 Å². The molecule has 3 nitrogen and oxygen atoms in total. The summed E-state index contributed by atoms with van der Waals surface area (Å²) in [6, 6.07) is 11.7. The Hall–Kier alpha value is -1.81. The molecule has 1 aliphatic heterocycles. The quantitative estimate of drug-likeness (QED) is 0.849. The molecule has 0 spiro atoms. The van der Waals surface area contributed by atoms with Crippen LogP contribution in [-0.4, -0.2) is 12.5 Å². The molecule has 0 aliphatic carbocycles. The standard InChI is InChI=1S/C17H17BrN2O/c1-11-4-2-6-15(16(11)18)20-17(21)13-7-8-14-12(10-13)5-3-9-19-14/h2,4,6-8,10,19H,3,5,9H2,1H3,(H,20,21). The van der Waals surface area contributed by atoms with Crippen LogP contribution in [0.2, 0.25) is 0 Å². The fraction of sp³-hybridized carbons (Fsp3) is 0.235. The van der Waals surface area contributed by atoms with E-state index in [0.717, 1.165) is 40.8 Å². The van der Waals surface area contributed by atoms with E-state index < -0.39 is 0 Å². The Labute approximate surface area is 132 Å². The first-order valence-electron chi connectivity index (χ1n) is 7.08. The Kier molecular flexibility index (Phi) is 3.97. The molecule has 3 rings (SSSR count).